The largest absolute Gasteiger partial charge is 0.326 e. The first-order chi connectivity index (χ1) is 10.8. The normalized spacial score (nSPS) is 11.4. The third kappa shape index (κ3) is 5.39. The zero-order valence-electron chi connectivity index (χ0n) is 12.1. The van der Waals surface area contributed by atoms with E-state index in [1.165, 1.54) is 6.07 Å². The zero-order valence-corrected chi connectivity index (χ0v) is 16.9. The van der Waals surface area contributed by atoms with E-state index in [2.05, 4.69) is 41.9 Å². The average Bonchev–Trinajstić information content (AvgIpc) is 2.90. The minimum absolute atomic E-state index is 0.0409. The predicted molar refractivity (Wildman–Crippen MR) is 99.3 cm³/mol. The lowest BCUT2D eigenvalue weighted by Gasteiger charge is -2.08. The van der Waals surface area contributed by atoms with E-state index in [0.29, 0.717) is 5.69 Å². The Labute approximate surface area is 155 Å². The fraction of sp³-hybridized carbons (Fsp3) is 0.214. The van der Waals surface area contributed by atoms with Gasteiger partial charge in [0.05, 0.1) is 3.79 Å². The molecule has 0 saturated carbocycles. The molecule has 2 N–H and O–H groups in total. The number of aryl methyl sites for hydroxylation is 1. The molecule has 1 heterocycles. The second-order valence-corrected chi connectivity index (χ2v) is 10.0. The summed E-state index contributed by atoms with van der Waals surface area (Å²) in [6.45, 7) is 1.96. The molecule has 0 aliphatic carbocycles. The first-order valence-electron chi connectivity index (χ1n) is 6.59. The molecular weight excluding hydrogens is 468 g/mol. The number of halogens is 2. The van der Waals surface area contributed by atoms with Gasteiger partial charge in [-0.25, -0.2) is 13.1 Å². The van der Waals surface area contributed by atoms with Gasteiger partial charge in [-0.3, -0.25) is 4.79 Å². The fourth-order valence-corrected chi connectivity index (χ4v) is 5.09. The number of carbonyl (C=O) groups is 1. The molecule has 0 atom stereocenters. The van der Waals surface area contributed by atoms with Crippen LogP contribution < -0.4 is 10.0 Å². The van der Waals surface area contributed by atoms with Gasteiger partial charge in [-0.15, -0.1) is 11.3 Å². The van der Waals surface area contributed by atoms with Crippen molar-refractivity contribution in [2.45, 2.75) is 17.6 Å². The second kappa shape index (κ2) is 7.89. The van der Waals surface area contributed by atoms with Gasteiger partial charge in [0.15, 0.2) is 0 Å². The number of hydrogen-bond donors (Lipinski definition) is 2. The third-order valence-electron chi connectivity index (χ3n) is 2.90. The number of thiophene rings is 1. The van der Waals surface area contributed by atoms with Crippen LogP contribution in [-0.4, -0.2) is 20.9 Å². The smallest absolute Gasteiger partial charge is 0.250 e. The lowest BCUT2D eigenvalue weighted by atomic mass is 10.2. The molecule has 2 aromatic rings. The molecule has 0 fully saturated rings. The maximum atomic E-state index is 12.0. The van der Waals surface area contributed by atoms with Crippen LogP contribution in [0.25, 0.3) is 0 Å². The molecule has 124 valence electrons. The molecule has 0 aliphatic rings. The standard InChI is InChI=1S/C14H14Br2N2O3S2/c1-9-8-10(2-3-11(9)15)18-13(19)6-7-17-23(20,21)14-5-4-12(16)22-14/h2-5,8,17H,6-7H2,1H3,(H,18,19). The molecule has 9 heteroatoms. The minimum Gasteiger partial charge on any atom is -0.326 e. The highest BCUT2D eigenvalue weighted by Gasteiger charge is 2.16. The van der Waals surface area contributed by atoms with Crippen LogP contribution in [0.2, 0.25) is 0 Å². The van der Waals surface area contributed by atoms with Crippen molar-refractivity contribution in [2.24, 2.45) is 0 Å². The monoisotopic (exact) mass is 480 g/mol. The first kappa shape index (κ1) is 18.6. The highest BCUT2D eigenvalue weighted by Crippen LogP contribution is 2.25. The summed E-state index contributed by atoms with van der Waals surface area (Å²) in [5.41, 5.74) is 1.69. The number of anilines is 1. The van der Waals surface area contributed by atoms with Crippen LogP contribution in [0.5, 0.6) is 0 Å². The number of benzene rings is 1. The Morgan fingerprint density at radius 1 is 1.22 bits per heavy atom. The Morgan fingerprint density at radius 2 is 1.96 bits per heavy atom. The van der Waals surface area contributed by atoms with Gasteiger partial charge in [0.25, 0.3) is 0 Å². The SMILES string of the molecule is Cc1cc(NC(=O)CCNS(=O)(=O)c2ccc(Br)s2)ccc1Br. The predicted octanol–water partition coefficient (Wildman–Crippen LogP) is 3.89. The topological polar surface area (TPSA) is 75.3 Å². The quantitative estimate of drug-likeness (QED) is 0.657. The van der Waals surface area contributed by atoms with Crippen LogP contribution in [0, 0.1) is 6.92 Å². The Balaban J connectivity index is 1.86. The van der Waals surface area contributed by atoms with E-state index >= 15 is 0 Å². The number of amides is 1. The molecule has 0 unspecified atom stereocenters. The van der Waals surface area contributed by atoms with Crippen LogP contribution in [0.3, 0.4) is 0 Å². The number of carbonyl (C=O) groups excluding carboxylic acids is 1. The van der Waals surface area contributed by atoms with Crippen LogP contribution in [-0.2, 0) is 14.8 Å². The van der Waals surface area contributed by atoms with Crippen molar-refractivity contribution < 1.29 is 13.2 Å². The number of nitrogens with one attached hydrogen (secondary N) is 2. The van der Waals surface area contributed by atoms with Crippen molar-refractivity contribution in [2.75, 3.05) is 11.9 Å². The number of sulfonamides is 1. The molecule has 0 bridgehead atoms. The molecule has 2 rings (SSSR count). The maximum absolute atomic E-state index is 12.0. The highest BCUT2D eigenvalue weighted by atomic mass is 79.9. The summed E-state index contributed by atoms with van der Waals surface area (Å²) in [5, 5.41) is 2.74. The van der Waals surface area contributed by atoms with Crippen LogP contribution in [0.15, 0.2) is 42.8 Å². The van der Waals surface area contributed by atoms with Gasteiger partial charge in [0.1, 0.15) is 4.21 Å². The van der Waals surface area contributed by atoms with E-state index in [4.69, 9.17) is 0 Å². The van der Waals surface area contributed by atoms with Crippen molar-refractivity contribution in [3.8, 4) is 0 Å². The Bertz CT molecular complexity index is 819. The summed E-state index contributed by atoms with van der Waals surface area (Å²) in [6.07, 6.45) is 0.0564. The molecule has 1 aromatic heterocycles. The van der Waals surface area contributed by atoms with Gasteiger partial charge in [-0.1, -0.05) is 15.9 Å². The van der Waals surface area contributed by atoms with E-state index in [0.717, 1.165) is 25.2 Å². The van der Waals surface area contributed by atoms with Gasteiger partial charge in [0, 0.05) is 23.1 Å². The summed E-state index contributed by atoms with van der Waals surface area (Å²) in [7, 11) is -3.57. The van der Waals surface area contributed by atoms with E-state index in [1.807, 2.05) is 19.1 Å². The first-order valence-corrected chi connectivity index (χ1v) is 10.5. The average molecular weight is 482 g/mol. The second-order valence-electron chi connectivity index (χ2n) is 4.72. The molecule has 0 aliphatic heterocycles. The van der Waals surface area contributed by atoms with E-state index in [9.17, 15) is 13.2 Å². The summed E-state index contributed by atoms with van der Waals surface area (Å²) >= 11 is 7.73. The molecule has 0 radical (unpaired) electrons. The van der Waals surface area contributed by atoms with Gasteiger partial charge < -0.3 is 5.32 Å². The Hall–Kier alpha value is -0.740. The molecule has 0 saturated heterocycles. The summed E-state index contributed by atoms with van der Waals surface area (Å²) in [4.78, 5) is 11.9. The van der Waals surface area contributed by atoms with E-state index < -0.39 is 10.0 Å². The van der Waals surface area contributed by atoms with Gasteiger partial charge >= 0.3 is 0 Å². The lowest BCUT2D eigenvalue weighted by Crippen LogP contribution is -2.27. The fourth-order valence-electron chi connectivity index (χ4n) is 1.76. The molecule has 1 aromatic carbocycles. The van der Waals surface area contributed by atoms with Crippen LogP contribution in [0.1, 0.15) is 12.0 Å². The van der Waals surface area contributed by atoms with Crippen LogP contribution in [0.4, 0.5) is 5.69 Å². The summed E-state index contributed by atoms with van der Waals surface area (Å²) < 4.78 is 28.4. The van der Waals surface area contributed by atoms with Gasteiger partial charge in [0.2, 0.25) is 15.9 Å². The van der Waals surface area contributed by atoms with Crippen molar-refractivity contribution in [1.82, 2.24) is 4.72 Å². The van der Waals surface area contributed by atoms with Crippen molar-refractivity contribution in [1.29, 1.82) is 0 Å². The molecular formula is C14H14Br2N2O3S2. The molecule has 5 nitrogen and oxygen atoms in total. The molecule has 23 heavy (non-hydrogen) atoms. The van der Waals surface area contributed by atoms with E-state index in [1.54, 1.807) is 12.1 Å². The van der Waals surface area contributed by atoms with Gasteiger partial charge in [-0.05, 0) is 58.7 Å². The van der Waals surface area contributed by atoms with Crippen molar-refractivity contribution >= 4 is 64.8 Å². The van der Waals surface area contributed by atoms with Gasteiger partial charge in [-0.2, -0.15) is 0 Å². The summed E-state index contributed by atoms with van der Waals surface area (Å²) in [6, 6.07) is 8.66. The number of rotatable bonds is 6. The van der Waals surface area contributed by atoms with Crippen molar-refractivity contribution in [3.05, 3.63) is 44.2 Å². The Morgan fingerprint density at radius 3 is 2.57 bits per heavy atom. The number of hydrogen-bond acceptors (Lipinski definition) is 4. The third-order valence-corrected chi connectivity index (χ3v) is 7.37. The summed E-state index contributed by atoms with van der Waals surface area (Å²) in [5.74, 6) is -0.248. The molecule has 0 spiro atoms. The zero-order chi connectivity index (χ0) is 17.0. The van der Waals surface area contributed by atoms with Crippen LogP contribution >= 0.6 is 43.2 Å². The lowest BCUT2D eigenvalue weighted by molar-refractivity contribution is -0.116. The van der Waals surface area contributed by atoms with Crippen molar-refractivity contribution in [3.63, 3.8) is 0 Å². The highest BCUT2D eigenvalue weighted by molar-refractivity contribution is 9.11. The minimum atomic E-state index is -3.57. The molecule has 1 amide bonds. The Kier molecular flexibility index (Phi) is 6.38. The van der Waals surface area contributed by atoms with E-state index in [-0.39, 0.29) is 23.1 Å². The maximum Gasteiger partial charge on any atom is 0.250 e.